The van der Waals surface area contributed by atoms with Crippen molar-refractivity contribution in [2.75, 3.05) is 66.9 Å². The molecule has 92 heavy (non-hydrogen) atoms. The van der Waals surface area contributed by atoms with Crippen LogP contribution in [0.5, 0.6) is 11.5 Å². The van der Waals surface area contributed by atoms with E-state index in [0.29, 0.717) is 67.7 Å². The first-order valence-electron chi connectivity index (χ1n) is 31.5. The van der Waals surface area contributed by atoms with E-state index in [1.165, 1.54) is 54.7 Å². The quantitative estimate of drug-likeness (QED) is 0.0285. The molecular formula is C69H95N7O16. The van der Waals surface area contributed by atoms with Crippen LogP contribution < -0.4 is 20.1 Å². The van der Waals surface area contributed by atoms with Crippen molar-refractivity contribution in [3.8, 4) is 11.5 Å². The normalized spacial score (nSPS) is 16.2. The highest BCUT2D eigenvalue weighted by Gasteiger charge is 2.45. The standard InChI is InChI=1S/C69H95N7O16/c1-15-59(79)90-43-69(8,9)61(81)66(86)76-36-21-20-28-51(76)67(87)91-54(32-30-46-31-33-55(88-13)56(40-46)89-14)47-26-22-27-48(41-47)70-57(77)34-35-58(78)71-49(42-60(80)92-68(5,6)7)62(82)73(11)53(39-45-24-18-17-19-25-45)65(85)75-37-23-29-50(75)64(84)74(12)52(38-44(3)4)63(83)72(10)16-2/h15,17-19,22,24-27,31,33,40-41,44,49-54H,1,16,20-21,23,28-30,32,34-39,42-43H2,2-14H3,(H,70,77)(H,71,78)/t49-,50+,51-,52-,53-,54+/m0/s1. The molecule has 23 heteroatoms. The van der Waals surface area contributed by atoms with Crippen molar-refractivity contribution in [1.29, 1.82) is 0 Å². The molecule has 2 N–H and O–H groups in total. The van der Waals surface area contributed by atoms with Gasteiger partial charge in [0, 0.05) is 71.8 Å². The number of rotatable bonds is 31. The van der Waals surface area contributed by atoms with Crippen molar-refractivity contribution in [2.24, 2.45) is 11.3 Å². The van der Waals surface area contributed by atoms with Crippen molar-refractivity contribution < 1.29 is 76.4 Å². The molecule has 2 fully saturated rings. The number of amides is 7. The Kier molecular flexibility index (Phi) is 27.5. The van der Waals surface area contributed by atoms with Crippen molar-refractivity contribution in [3.63, 3.8) is 0 Å². The van der Waals surface area contributed by atoms with Crippen molar-refractivity contribution in [2.45, 2.75) is 174 Å². The number of ketones is 1. The summed E-state index contributed by atoms with van der Waals surface area (Å²) in [6, 6.07) is 15.2. The van der Waals surface area contributed by atoms with Crippen LogP contribution in [0.3, 0.4) is 0 Å². The second-order valence-corrected chi connectivity index (χ2v) is 25.6. The van der Waals surface area contributed by atoms with E-state index in [1.807, 2.05) is 26.8 Å². The van der Waals surface area contributed by atoms with Crippen molar-refractivity contribution in [3.05, 3.63) is 102 Å². The van der Waals surface area contributed by atoms with Crippen LogP contribution in [0.25, 0.3) is 0 Å². The fourth-order valence-corrected chi connectivity index (χ4v) is 11.1. The number of anilines is 1. The minimum absolute atomic E-state index is 0.000587. The summed E-state index contributed by atoms with van der Waals surface area (Å²) in [6.45, 7) is 17.3. The summed E-state index contributed by atoms with van der Waals surface area (Å²) in [7, 11) is 7.67. The average molecular weight is 1280 g/mol. The maximum Gasteiger partial charge on any atom is 0.330 e. The van der Waals surface area contributed by atoms with E-state index in [4.69, 9.17) is 23.7 Å². The molecule has 7 amide bonds. The van der Waals surface area contributed by atoms with Crippen LogP contribution in [-0.4, -0.2) is 187 Å². The van der Waals surface area contributed by atoms with E-state index < -0.39 is 132 Å². The summed E-state index contributed by atoms with van der Waals surface area (Å²) >= 11 is 0. The fourth-order valence-electron chi connectivity index (χ4n) is 11.1. The highest BCUT2D eigenvalue weighted by atomic mass is 16.6. The van der Waals surface area contributed by atoms with Gasteiger partial charge in [0.2, 0.25) is 41.2 Å². The van der Waals surface area contributed by atoms with E-state index in [1.54, 1.807) is 106 Å². The van der Waals surface area contributed by atoms with Gasteiger partial charge in [-0.05, 0) is 140 Å². The third kappa shape index (κ3) is 21.0. The van der Waals surface area contributed by atoms with Gasteiger partial charge in [-0.15, -0.1) is 0 Å². The number of benzene rings is 3. The van der Waals surface area contributed by atoms with Gasteiger partial charge in [0.1, 0.15) is 48.5 Å². The molecule has 0 spiro atoms. The van der Waals surface area contributed by atoms with E-state index >= 15 is 4.79 Å². The molecule has 2 heterocycles. The second kappa shape index (κ2) is 34.2. The first kappa shape index (κ1) is 74.1. The maximum absolute atomic E-state index is 15.1. The summed E-state index contributed by atoms with van der Waals surface area (Å²) in [6.07, 6.45) is 1.52. The van der Waals surface area contributed by atoms with Gasteiger partial charge in [-0.3, -0.25) is 43.2 Å². The average Bonchev–Trinajstić information content (AvgIpc) is 1.66. The zero-order valence-corrected chi connectivity index (χ0v) is 55.8. The molecule has 5 rings (SSSR count). The molecule has 0 radical (unpaired) electrons. The molecule has 502 valence electrons. The highest BCUT2D eigenvalue weighted by molar-refractivity contribution is 6.38. The number of Topliss-reactive ketones (excluding diaryl/α,β-unsaturated/α-hetero) is 1. The number of nitrogens with one attached hydrogen (secondary N) is 2. The molecule has 0 aromatic heterocycles. The summed E-state index contributed by atoms with van der Waals surface area (Å²) in [4.78, 5) is 160. The van der Waals surface area contributed by atoms with Crippen LogP contribution in [0.1, 0.15) is 142 Å². The number of nitrogens with zero attached hydrogens (tertiary/aromatic N) is 5. The number of carbonyl (C=O) groups excluding carboxylic acids is 11. The predicted molar refractivity (Wildman–Crippen MR) is 343 cm³/mol. The van der Waals surface area contributed by atoms with Crippen LogP contribution in [0.2, 0.25) is 0 Å². The number of carbonyl (C=O) groups is 11. The molecule has 2 aliphatic rings. The van der Waals surface area contributed by atoms with Gasteiger partial charge in [0.05, 0.1) is 26.1 Å². The smallest absolute Gasteiger partial charge is 0.330 e. The largest absolute Gasteiger partial charge is 0.493 e. The Morgan fingerprint density at radius 3 is 2.03 bits per heavy atom. The lowest BCUT2D eigenvalue weighted by atomic mass is 9.87. The van der Waals surface area contributed by atoms with Crippen molar-refractivity contribution >= 4 is 70.7 Å². The Morgan fingerprint density at radius 1 is 0.728 bits per heavy atom. The third-order valence-electron chi connectivity index (χ3n) is 16.4. The number of hydrogen-bond donors (Lipinski definition) is 2. The number of piperidine rings is 1. The van der Waals surface area contributed by atoms with Crippen LogP contribution in [0.15, 0.2) is 85.5 Å². The predicted octanol–water partition coefficient (Wildman–Crippen LogP) is 6.97. The zero-order chi connectivity index (χ0) is 68.2. The van der Waals surface area contributed by atoms with E-state index in [9.17, 15) is 47.9 Å². The van der Waals surface area contributed by atoms with E-state index in [0.717, 1.165) is 11.6 Å². The number of ether oxygens (including phenoxy) is 5. The Hall–Kier alpha value is -8.63. The van der Waals surface area contributed by atoms with Crippen molar-refractivity contribution in [1.82, 2.24) is 29.8 Å². The number of likely N-dealkylation sites (N-methyl/N-ethyl adjacent to an activating group) is 3. The SMILES string of the molecule is C=CC(=O)OCC(C)(C)C(=O)C(=O)N1CCCC[C@H]1C(=O)O[C@H](CCc1ccc(OC)c(OC)c1)c1cccc(NC(=O)CCC(=O)N[C@@H](CC(=O)OC(C)(C)C)C(=O)N(C)[C@@H](Cc2ccccc2)C(=O)N2CCC[C@@H]2C(=O)N(C)[C@@H](CC(C)C)C(=O)N(C)CC)c1. The summed E-state index contributed by atoms with van der Waals surface area (Å²) < 4.78 is 28.0. The van der Waals surface area contributed by atoms with Gasteiger partial charge in [-0.25, -0.2) is 9.59 Å². The molecular weight excluding hydrogens is 1180 g/mol. The molecule has 3 aromatic rings. The molecule has 2 saturated heterocycles. The first-order chi connectivity index (χ1) is 43.4. The minimum Gasteiger partial charge on any atom is -0.493 e. The second-order valence-electron chi connectivity index (χ2n) is 25.6. The fraction of sp³-hybridized carbons (Fsp3) is 0.551. The summed E-state index contributed by atoms with van der Waals surface area (Å²) in [5, 5.41) is 5.44. The van der Waals surface area contributed by atoms with Crippen LogP contribution in [0, 0.1) is 11.3 Å². The number of hydrogen-bond acceptors (Lipinski definition) is 16. The number of aryl methyl sites for hydroxylation is 1. The Bertz CT molecular complexity index is 3120. The minimum atomic E-state index is -1.58. The van der Waals surface area contributed by atoms with Crippen LogP contribution in [0.4, 0.5) is 5.69 Å². The number of likely N-dealkylation sites (tertiary alicyclic amines) is 2. The summed E-state index contributed by atoms with van der Waals surface area (Å²) in [5.74, 6) is -6.44. The molecule has 23 nitrogen and oxygen atoms in total. The monoisotopic (exact) mass is 1280 g/mol. The van der Waals surface area contributed by atoms with E-state index in [-0.39, 0.29) is 49.9 Å². The molecule has 0 saturated carbocycles. The van der Waals surface area contributed by atoms with Gasteiger partial charge in [0.15, 0.2) is 11.5 Å². The Morgan fingerprint density at radius 2 is 1.39 bits per heavy atom. The molecule has 6 atom stereocenters. The first-order valence-corrected chi connectivity index (χ1v) is 31.5. The maximum atomic E-state index is 15.1. The zero-order valence-electron chi connectivity index (χ0n) is 55.8. The Labute approximate surface area is 541 Å². The lowest BCUT2D eigenvalue weighted by Gasteiger charge is -2.37. The lowest BCUT2D eigenvalue weighted by molar-refractivity contribution is -0.165. The van der Waals surface area contributed by atoms with Gasteiger partial charge in [0.25, 0.3) is 5.91 Å². The number of methoxy groups -OCH3 is 2. The Balaban J connectivity index is 1.37. The van der Waals surface area contributed by atoms with E-state index in [2.05, 4.69) is 17.2 Å². The van der Waals surface area contributed by atoms with Crippen LogP contribution in [-0.2, 0) is 79.8 Å². The lowest BCUT2D eigenvalue weighted by Crippen LogP contribution is -2.59. The van der Waals surface area contributed by atoms with Gasteiger partial charge < -0.3 is 58.8 Å². The molecule has 0 aliphatic carbocycles. The third-order valence-corrected chi connectivity index (χ3v) is 16.4. The summed E-state index contributed by atoms with van der Waals surface area (Å²) in [5.41, 5.74) is -0.177. The van der Waals surface area contributed by atoms with Gasteiger partial charge in [-0.2, -0.15) is 0 Å². The molecule has 0 bridgehead atoms. The van der Waals surface area contributed by atoms with Crippen LogP contribution >= 0.6 is 0 Å². The highest BCUT2D eigenvalue weighted by Crippen LogP contribution is 2.33. The number of esters is 3. The molecule has 0 unspecified atom stereocenters. The topological polar surface area (TPSA) is 274 Å². The molecule has 3 aromatic carbocycles. The van der Waals surface area contributed by atoms with Gasteiger partial charge >= 0.3 is 17.9 Å². The van der Waals surface area contributed by atoms with Gasteiger partial charge in [-0.1, -0.05) is 69.0 Å². The molecule has 2 aliphatic heterocycles.